The standard InChI is InChI=1S/C17H14I2N4O2/c18-12-8-13(16(24)14(19)9-12)17(25)23-5-3-22(4-6-23)15-7-11(10-20)1-2-21-15/h1-2,7-9,24H,3-6H2. The number of pyridine rings is 1. The number of hydrogen-bond donors (Lipinski definition) is 1. The predicted molar refractivity (Wildman–Crippen MR) is 111 cm³/mol. The molecule has 0 saturated carbocycles. The SMILES string of the molecule is N#Cc1ccnc(N2CCN(C(=O)c3cc(I)cc(I)c3O)CC2)c1. The van der Waals surface area contributed by atoms with Crippen LogP contribution in [0.25, 0.3) is 0 Å². The lowest BCUT2D eigenvalue weighted by Crippen LogP contribution is -2.49. The zero-order chi connectivity index (χ0) is 18.0. The number of phenols is 1. The third-order valence-electron chi connectivity index (χ3n) is 4.02. The van der Waals surface area contributed by atoms with Crippen LogP contribution in [0.4, 0.5) is 5.82 Å². The van der Waals surface area contributed by atoms with Gasteiger partial charge in [0.1, 0.15) is 11.6 Å². The van der Waals surface area contributed by atoms with Crippen molar-refractivity contribution in [3.8, 4) is 11.8 Å². The number of nitriles is 1. The van der Waals surface area contributed by atoms with Crippen molar-refractivity contribution in [2.75, 3.05) is 31.1 Å². The van der Waals surface area contributed by atoms with Gasteiger partial charge in [0.25, 0.3) is 5.91 Å². The first-order chi connectivity index (χ1) is 12.0. The first kappa shape index (κ1) is 18.2. The van der Waals surface area contributed by atoms with E-state index >= 15 is 0 Å². The molecule has 1 aromatic heterocycles. The summed E-state index contributed by atoms with van der Waals surface area (Å²) in [5.41, 5.74) is 0.913. The fourth-order valence-corrected chi connectivity index (χ4v) is 4.54. The van der Waals surface area contributed by atoms with Crippen LogP contribution >= 0.6 is 45.2 Å². The number of anilines is 1. The average molecular weight is 560 g/mol. The molecule has 8 heteroatoms. The molecule has 25 heavy (non-hydrogen) atoms. The van der Waals surface area contributed by atoms with Crippen molar-refractivity contribution in [3.05, 3.63) is 48.7 Å². The lowest BCUT2D eigenvalue weighted by atomic mass is 10.1. The molecule has 128 valence electrons. The van der Waals surface area contributed by atoms with E-state index in [2.05, 4.69) is 38.5 Å². The van der Waals surface area contributed by atoms with Gasteiger partial charge in [-0.15, -0.1) is 0 Å². The molecule has 1 N–H and O–H groups in total. The monoisotopic (exact) mass is 560 g/mol. The fraction of sp³-hybridized carbons (Fsp3) is 0.235. The molecule has 6 nitrogen and oxygen atoms in total. The second kappa shape index (κ2) is 7.74. The van der Waals surface area contributed by atoms with Gasteiger partial charge in [-0.3, -0.25) is 4.79 Å². The zero-order valence-corrected chi connectivity index (χ0v) is 17.4. The fourth-order valence-electron chi connectivity index (χ4n) is 2.70. The van der Waals surface area contributed by atoms with E-state index < -0.39 is 0 Å². The third kappa shape index (κ3) is 3.98. The molecular formula is C17H14I2N4O2. The number of aromatic hydroxyl groups is 1. The number of rotatable bonds is 2. The molecule has 2 aromatic rings. The molecule has 2 heterocycles. The van der Waals surface area contributed by atoms with Gasteiger partial charge in [0.15, 0.2) is 0 Å². The Morgan fingerprint density at radius 1 is 1.20 bits per heavy atom. The molecule has 0 aliphatic carbocycles. The lowest BCUT2D eigenvalue weighted by Gasteiger charge is -2.35. The molecule has 1 fully saturated rings. The summed E-state index contributed by atoms with van der Waals surface area (Å²) in [6.45, 7) is 2.35. The largest absolute Gasteiger partial charge is 0.506 e. The Morgan fingerprint density at radius 2 is 1.92 bits per heavy atom. The van der Waals surface area contributed by atoms with Gasteiger partial charge in [-0.2, -0.15) is 5.26 Å². The van der Waals surface area contributed by atoms with E-state index in [1.165, 1.54) is 0 Å². The van der Waals surface area contributed by atoms with Crippen LogP contribution in [0.5, 0.6) is 5.75 Å². The number of carbonyl (C=O) groups excluding carboxylic acids is 1. The molecule has 0 bridgehead atoms. The Kier molecular flexibility index (Phi) is 5.63. The highest BCUT2D eigenvalue weighted by molar-refractivity contribution is 14.1. The van der Waals surface area contributed by atoms with Crippen LogP contribution in [0.3, 0.4) is 0 Å². The summed E-state index contributed by atoms with van der Waals surface area (Å²) in [4.78, 5) is 20.9. The van der Waals surface area contributed by atoms with E-state index in [9.17, 15) is 9.90 Å². The number of benzene rings is 1. The molecular weight excluding hydrogens is 546 g/mol. The van der Waals surface area contributed by atoms with Gasteiger partial charge in [0.2, 0.25) is 0 Å². The minimum atomic E-state index is -0.160. The Morgan fingerprint density at radius 3 is 2.60 bits per heavy atom. The van der Waals surface area contributed by atoms with E-state index in [-0.39, 0.29) is 11.7 Å². The van der Waals surface area contributed by atoms with Crippen molar-refractivity contribution < 1.29 is 9.90 Å². The topological polar surface area (TPSA) is 80.5 Å². The molecule has 0 spiro atoms. The van der Waals surface area contributed by atoms with Crippen LogP contribution < -0.4 is 4.90 Å². The number of nitrogens with zero attached hydrogens (tertiary/aromatic N) is 4. The summed E-state index contributed by atoms with van der Waals surface area (Å²) >= 11 is 4.17. The number of hydrogen-bond acceptors (Lipinski definition) is 5. The van der Waals surface area contributed by atoms with Gasteiger partial charge in [-0.1, -0.05) is 0 Å². The maximum Gasteiger partial charge on any atom is 0.257 e. The first-order valence-corrected chi connectivity index (χ1v) is 9.73. The molecule has 3 rings (SSSR count). The van der Waals surface area contributed by atoms with Crippen LogP contribution in [0.2, 0.25) is 0 Å². The van der Waals surface area contributed by atoms with Crippen molar-refractivity contribution in [2.45, 2.75) is 0 Å². The Bertz CT molecular complexity index is 858. The van der Waals surface area contributed by atoms with Gasteiger partial charge < -0.3 is 14.9 Å². The normalized spacial score (nSPS) is 14.3. The maximum atomic E-state index is 12.8. The van der Waals surface area contributed by atoms with Gasteiger partial charge in [0, 0.05) is 35.9 Å². The van der Waals surface area contributed by atoms with Crippen LogP contribution in [0, 0.1) is 18.5 Å². The van der Waals surface area contributed by atoms with Crippen molar-refractivity contribution in [2.24, 2.45) is 0 Å². The molecule has 1 aliphatic heterocycles. The second-order valence-electron chi connectivity index (χ2n) is 5.58. The van der Waals surface area contributed by atoms with Crippen molar-refractivity contribution in [1.82, 2.24) is 9.88 Å². The summed E-state index contributed by atoms with van der Waals surface area (Å²) < 4.78 is 1.59. The predicted octanol–water partition coefficient (Wildman–Crippen LogP) is 2.83. The number of halogens is 2. The summed E-state index contributed by atoms with van der Waals surface area (Å²) in [6, 6.07) is 9.08. The van der Waals surface area contributed by atoms with Crippen LogP contribution in [-0.4, -0.2) is 47.1 Å². The summed E-state index contributed by atoms with van der Waals surface area (Å²) in [5.74, 6) is 0.627. The van der Waals surface area contributed by atoms with Crippen LogP contribution in [0.1, 0.15) is 15.9 Å². The molecule has 1 amide bonds. The van der Waals surface area contributed by atoms with Crippen molar-refractivity contribution in [1.29, 1.82) is 5.26 Å². The van der Waals surface area contributed by atoms with Crippen molar-refractivity contribution >= 4 is 56.9 Å². The highest BCUT2D eigenvalue weighted by Gasteiger charge is 2.25. The number of phenolic OH excluding ortho intramolecular Hbond substituents is 1. The van der Waals surface area contributed by atoms with Gasteiger partial charge in [0.05, 0.1) is 20.8 Å². The second-order valence-corrected chi connectivity index (χ2v) is 7.99. The quantitative estimate of drug-likeness (QED) is 0.572. The molecule has 0 unspecified atom stereocenters. The smallest absolute Gasteiger partial charge is 0.257 e. The number of aromatic nitrogens is 1. The first-order valence-electron chi connectivity index (χ1n) is 7.58. The van der Waals surface area contributed by atoms with Gasteiger partial charge in [-0.25, -0.2) is 4.98 Å². The third-order valence-corrected chi connectivity index (χ3v) is 5.47. The van der Waals surface area contributed by atoms with E-state index in [1.54, 1.807) is 29.3 Å². The average Bonchev–Trinajstić information content (AvgIpc) is 2.64. The Hall–Kier alpha value is -1.61. The van der Waals surface area contributed by atoms with E-state index in [1.807, 2.05) is 28.7 Å². The number of carbonyl (C=O) groups is 1. The van der Waals surface area contributed by atoms with Gasteiger partial charge >= 0.3 is 0 Å². The highest BCUT2D eigenvalue weighted by atomic mass is 127. The van der Waals surface area contributed by atoms with Crippen molar-refractivity contribution in [3.63, 3.8) is 0 Å². The van der Waals surface area contributed by atoms with Gasteiger partial charge in [-0.05, 0) is 69.4 Å². The molecule has 1 saturated heterocycles. The molecule has 1 aliphatic rings. The molecule has 0 radical (unpaired) electrons. The Balaban J connectivity index is 1.72. The summed E-state index contributed by atoms with van der Waals surface area (Å²) in [6.07, 6.45) is 1.62. The maximum absolute atomic E-state index is 12.8. The van der Waals surface area contributed by atoms with E-state index in [4.69, 9.17) is 5.26 Å². The summed E-state index contributed by atoms with van der Waals surface area (Å²) in [7, 11) is 0. The minimum absolute atomic E-state index is 0.0387. The number of piperazine rings is 1. The van der Waals surface area contributed by atoms with Crippen LogP contribution in [-0.2, 0) is 0 Å². The number of amides is 1. The van der Waals surface area contributed by atoms with Crippen LogP contribution in [0.15, 0.2) is 30.5 Å². The summed E-state index contributed by atoms with van der Waals surface area (Å²) in [5, 5.41) is 19.2. The zero-order valence-electron chi connectivity index (χ0n) is 13.1. The highest BCUT2D eigenvalue weighted by Crippen LogP contribution is 2.28. The molecule has 0 atom stereocenters. The van der Waals surface area contributed by atoms with E-state index in [0.29, 0.717) is 40.9 Å². The molecule has 1 aromatic carbocycles. The Labute approximate surface area is 172 Å². The minimum Gasteiger partial charge on any atom is -0.506 e. The van der Waals surface area contributed by atoms with E-state index in [0.717, 1.165) is 9.39 Å². The lowest BCUT2D eigenvalue weighted by molar-refractivity contribution is 0.0743.